The summed E-state index contributed by atoms with van der Waals surface area (Å²) >= 11 is 0. The highest BCUT2D eigenvalue weighted by atomic mass is 16.5. The lowest BCUT2D eigenvalue weighted by atomic mass is 10.1. The highest BCUT2D eigenvalue weighted by Crippen LogP contribution is 2.20. The molecule has 1 aromatic rings. The molecule has 1 fully saturated rings. The van der Waals surface area contributed by atoms with Crippen molar-refractivity contribution in [3.8, 4) is 0 Å². The summed E-state index contributed by atoms with van der Waals surface area (Å²) in [4.78, 5) is 27.4. The van der Waals surface area contributed by atoms with E-state index in [2.05, 4.69) is 10.3 Å². The van der Waals surface area contributed by atoms with Crippen LogP contribution < -0.4 is 5.32 Å². The Kier molecular flexibility index (Phi) is 5.24. The van der Waals surface area contributed by atoms with Crippen molar-refractivity contribution in [2.75, 3.05) is 13.2 Å². The predicted molar refractivity (Wildman–Crippen MR) is 82.1 cm³/mol. The molecular formula is C16H24N2O4. The molecule has 0 aromatic carbocycles. The molecule has 0 radical (unpaired) electrons. The van der Waals surface area contributed by atoms with Gasteiger partial charge in [-0.3, -0.25) is 4.79 Å². The van der Waals surface area contributed by atoms with Crippen LogP contribution in [0.2, 0.25) is 0 Å². The average molecular weight is 308 g/mol. The van der Waals surface area contributed by atoms with Crippen LogP contribution in [-0.2, 0) is 9.47 Å². The van der Waals surface area contributed by atoms with E-state index in [0.717, 1.165) is 19.4 Å². The molecule has 2 atom stereocenters. The molecule has 0 aliphatic carbocycles. The van der Waals surface area contributed by atoms with Crippen LogP contribution in [0.3, 0.4) is 0 Å². The quantitative estimate of drug-likeness (QED) is 0.816. The SMILES string of the molecule is CCOC(=O)c1c(C)[nH]c(C(=O)NC(C)C2CCCO2)c1C. The number of esters is 1. The summed E-state index contributed by atoms with van der Waals surface area (Å²) in [6.07, 6.45) is 2.04. The average Bonchev–Trinajstić information content (AvgIpc) is 3.07. The molecule has 122 valence electrons. The van der Waals surface area contributed by atoms with E-state index in [4.69, 9.17) is 9.47 Å². The first kappa shape index (κ1) is 16.5. The van der Waals surface area contributed by atoms with E-state index in [1.807, 2.05) is 6.92 Å². The van der Waals surface area contributed by atoms with Crippen LogP contribution in [0, 0.1) is 13.8 Å². The molecule has 6 nitrogen and oxygen atoms in total. The smallest absolute Gasteiger partial charge is 0.340 e. The van der Waals surface area contributed by atoms with Gasteiger partial charge in [0.05, 0.1) is 24.3 Å². The van der Waals surface area contributed by atoms with Gasteiger partial charge >= 0.3 is 5.97 Å². The van der Waals surface area contributed by atoms with E-state index in [-0.39, 0.29) is 18.1 Å². The van der Waals surface area contributed by atoms with Gasteiger partial charge in [-0.15, -0.1) is 0 Å². The van der Waals surface area contributed by atoms with Gasteiger partial charge in [-0.1, -0.05) is 0 Å². The zero-order valence-electron chi connectivity index (χ0n) is 13.6. The van der Waals surface area contributed by atoms with Crippen LogP contribution in [0.25, 0.3) is 0 Å². The maximum atomic E-state index is 12.4. The Morgan fingerprint density at radius 1 is 1.45 bits per heavy atom. The molecule has 2 N–H and O–H groups in total. The Balaban J connectivity index is 2.13. The zero-order chi connectivity index (χ0) is 16.3. The maximum Gasteiger partial charge on any atom is 0.340 e. The van der Waals surface area contributed by atoms with Crippen LogP contribution >= 0.6 is 0 Å². The standard InChI is InChI=1S/C16H24N2O4/c1-5-21-16(20)13-9(2)14(17-11(13)4)15(19)18-10(3)12-7-6-8-22-12/h10,12,17H,5-8H2,1-4H3,(H,18,19). The number of rotatable bonds is 5. The number of H-pyrrole nitrogens is 1. The molecular weight excluding hydrogens is 284 g/mol. The summed E-state index contributed by atoms with van der Waals surface area (Å²) in [7, 11) is 0. The van der Waals surface area contributed by atoms with Gasteiger partial charge in [0.25, 0.3) is 5.91 Å². The fourth-order valence-corrected chi connectivity index (χ4v) is 2.86. The van der Waals surface area contributed by atoms with E-state index >= 15 is 0 Å². The lowest BCUT2D eigenvalue weighted by molar-refractivity contribution is 0.0525. The van der Waals surface area contributed by atoms with E-state index in [9.17, 15) is 9.59 Å². The highest BCUT2D eigenvalue weighted by Gasteiger charge is 2.27. The van der Waals surface area contributed by atoms with Gasteiger partial charge in [0.2, 0.25) is 0 Å². The van der Waals surface area contributed by atoms with Crippen molar-refractivity contribution in [1.82, 2.24) is 10.3 Å². The molecule has 2 heterocycles. The topological polar surface area (TPSA) is 80.4 Å². The molecule has 0 saturated carbocycles. The summed E-state index contributed by atoms with van der Waals surface area (Å²) in [6, 6.07) is -0.0657. The third-order valence-electron chi connectivity index (χ3n) is 4.03. The van der Waals surface area contributed by atoms with E-state index in [1.165, 1.54) is 0 Å². The molecule has 6 heteroatoms. The number of ether oxygens (including phenoxy) is 2. The summed E-state index contributed by atoms with van der Waals surface area (Å²) in [5, 5.41) is 2.94. The summed E-state index contributed by atoms with van der Waals surface area (Å²) in [5.41, 5.74) is 2.11. The third-order valence-corrected chi connectivity index (χ3v) is 4.03. The number of aromatic amines is 1. The number of carbonyl (C=O) groups excluding carboxylic acids is 2. The van der Waals surface area contributed by atoms with Gasteiger partial charge in [0, 0.05) is 12.3 Å². The Hall–Kier alpha value is -1.82. The summed E-state index contributed by atoms with van der Waals surface area (Å²) in [5.74, 6) is -0.626. The molecule has 1 amide bonds. The van der Waals surface area contributed by atoms with Gasteiger partial charge in [-0.25, -0.2) is 4.79 Å². The first-order valence-corrected chi connectivity index (χ1v) is 7.74. The second-order valence-corrected chi connectivity index (χ2v) is 5.66. The van der Waals surface area contributed by atoms with Crippen LogP contribution in [-0.4, -0.2) is 42.2 Å². The first-order valence-electron chi connectivity index (χ1n) is 7.74. The Bertz CT molecular complexity index is 559. The molecule has 0 spiro atoms. The molecule has 2 rings (SSSR count). The van der Waals surface area contributed by atoms with Gasteiger partial charge in [0.1, 0.15) is 5.69 Å². The minimum atomic E-state index is -0.403. The number of aryl methyl sites for hydroxylation is 1. The largest absolute Gasteiger partial charge is 0.462 e. The second kappa shape index (κ2) is 6.96. The Morgan fingerprint density at radius 3 is 2.77 bits per heavy atom. The Labute approximate surface area is 130 Å². The molecule has 1 aromatic heterocycles. The Morgan fingerprint density at radius 2 is 2.18 bits per heavy atom. The zero-order valence-corrected chi connectivity index (χ0v) is 13.6. The number of hydrogen-bond donors (Lipinski definition) is 2. The van der Waals surface area contributed by atoms with Crippen molar-refractivity contribution >= 4 is 11.9 Å². The lowest BCUT2D eigenvalue weighted by Gasteiger charge is -2.19. The fourth-order valence-electron chi connectivity index (χ4n) is 2.86. The molecule has 1 aliphatic heterocycles. The number of amides is 1. The van der Waals surface area contributed by atoms with Crippen molar-refractivity contribution in [2.45, 2.75) is 52.7 Å². The second-order valence-electron chi connectivity index (χ2n) is 5.66. The van der Waals surface area contributed by atoms with E-state index in [0.29, 0.717) is 29.1 Å². The monoisotopic (exact) mass is 308 g/mol. The van der Waals surface area contributed by atoms with Crippen LogP contribution in [0.4, 0.5) is 0 Å². The van der Waals surface area contributed by atoms with E-state index in [1.54, 1.807) is 20.8 Å². The number of aromatic nitrogens is 1. The molecule has 1 saturated heterocycles. The number of nitrogens with one attached hydrogen (secondary N) is 2. The molecule has 22 heavy (non-hydrogen) atoms. The molecule has 0 bridgehead atoms. The predicted octanol–water partition coefficient (Wildman–Crippen LogP) is 2.11. The van der Waals surface area contributed by atoms with Gasteiger partial charge < -0.3 is 19.8 Å². The van der Waals surface area contributed by atoms with E-state index < -0.39 is 5.97 Å². The fraction of sp³-hybridized carbons (Fsp3) is 0.625. The third kappa shape index (κ3) is 3.32. The highest BCUT2D eigenvalue weighted by molar-refractivity contribution is 6.00. The van der Waals surface area contributed by atoms with Gasteiger partial charge in [0.15, 0.2) is 0 Å². The first-order chi connectivity index (χ1) is 10.5. The minimum absolute atomic E-state index is 0.0600. The number of carbonyl (C=O) groups is 2. The lowest BCUT2D eigenvalue weighted by Crippen LogP contribution is -2.41. The van der Waals surface area contributed by atoms with Crippen molar-refractivity contribution in [3.05, 3.63) is 22.5 Å². The van der Waals surface area contributed by atoms with Crippen LogP contribution in [0.1, 0.15) is 58.8 Å². The number of hydrogen-bond acceptors (Lipinski definition) is 4. The van der Waals surface area contributed by atoms with Gasteiger partial charge in [-0.05, 0) is 46.1 Å². The van der Waals surface area contributed by atoms with Crippen molar-refractivity contribution in [1.29, 1.82) is 0 Å². The van der Waals surface area contributed by atoms with Gasteiger partial charge in [-0.2, -0.15) is 0 Å². The van der Waals surface area contributed by atoms with Crippen molar-refractivity contribution in [3.63, 3.8) is 0 Å². The minimum Gasteiger partial charge on any atom is -0.462 e. The van der Waals surface area contributed by atoms with Crippen LogP contribution in [0.15, 0.2) is 0 Å². The van der Waals surface area contributed by atoms with Crippen LogP contribution in [0.5, 0.6) is 0 Å². The van der Waals surface area contributed by atoms with Crippen molar-refractivity contribution < 1.29 is 19.1 Å². The summed E-state index contributed by atoms with van der Waals surface area (Å²) < 4.78 is 10.6. The molecule has 2 unspecified atom stereocenters. The maximum absolute atomic E-state index is 12.4. The normalized spacial score (nSPS) is 19.0. The molecule has 1 aliphatic rings. The summed E-state index contributed by atoms with van der Waals surface area (Å²) in [6.45, 7) is 8.26. The van der Waals surface area contributed by atoms with Crippen molar-refractivity contribution in [2.24, 2.45) is 0 Å².